The van der Waals surface area contributed by atoms with E-state index in [2.05, 4.69) is 15.5 Å². The number of carbonyl (C=O) groups is 1. The van der Waals surface area contributed by atoms with E-state index < -0.39 is 6.10 Å². The highest BCUT2D eigenvalue weighted by Gasteiger charge is 2.21. The van der Waals surface area contributed by atoms with Crippen molar-refractivity contribution in [2.75, 3.05) is 12.4 Å². The number of nitrogens with zero attached hydrogens (tertiary/aromatic N) is 2. The van der Waals surface area contributed by atoms with Gasteiger partial charge in [-0.3, -0.25) is 10.1 Å². The van der Waals surface area contributed by atoms with Gasteiger partial charge < -0.3 is 9.47 Å². The highest BCUT2D eigenvalue weighted by molar-refractivity contribution is 7.18. The maximum absolute atomic E-state index is 12.6. The quantitative estimate of drug-likeness (QED) is 0.541. The third kappa shape index (κ3) is 4.92. The molecule has 3 aromatic rings. The minimum absolute atomic E-state index is 0.337. The van der Waals surface area contributed by atoms with Crippen LogP contribution < -0.4 is 14.8 Å². The summed E-state index contributed by atoms with van der Waals surface area (Å²) >= 11 is 13.3. The summed E-state index contributed by atoms with van der Waals surface area (Å²) in [6.07, 6.45) is -0.303. The zero-order chi connectivity index (χ0) is 20.1. The van der Waals surface area contributed by atoms with E-state index in [9.17, 15) is 4.79 Å². The van der Waals surface area contributed by atoms with Crippen LogP contribution in [0.15, 0.2) is 42.5 Å². The molecular weight excluding hydrogens is 421 g/mol. The molecule has 0 fully saturated rings. The molecular formula is C19H17Cl2N3O3S. The Bertz CT molecular complexity index is 963. The van der Waals surface area contributed by atoms with Crippen molar-refractivity contribution >= 4 is 45.6 Å². The molecule has 0 aliphatic heterocycles. The van der Waals surface area contributed by atoms with Gasteiger partial charge in [0.25, 0.3) is 5.91 Å². The Hall–Kier alpha value is -2.35. The molecule has 1 N–H and O–H groups in total. The van der Waals surface area contributed by atoms with Gasteiger partial charge in [-0.05, 0) is 42.8 Å². The Morgan fingerprint density at radius 2 is 1.93 bits per heavy atom. The molecule has 0 radical (unpaired) electrons. The molecule has 0 aliphatic rings. The number of halogens is 2. The minimum atomic E-state index is -0.746. The Morgan fingerprint density at radius 3 is 2.61 bits per heavy atom. The van der Waals surface area contributed by atoms with Gasteiger partial charge in [0.05, 0.1) is 12.1 Å². The summed E-state index contributed by atoms with van der Waals surface area (Å²) in [6.45, 7) is 1.84. The van der Waals surface area contributed by atoms with Gasteiger partial charge in [0.15, 0.2) is 6.10 Å². The number of nitrogens with one attached hydrogen (secondary N) is 1. The predicted molar refractivity (Wildman–Crippen MR) is 112 cm³/mol. The zero-order valence-electron chi connectivity index (χ0n) is 15.1. The maximum atomic E-state index is 12.6. The summed E-state index contributed by atoms with van der Waals surface area (Å²) in [5.74, 6) is 0.771. The number of methoxy groups -OCH3 is 1. The molecule has 9 heteroatoms. The topological polar surface area (TPSA) is 73.3 Å². The van der Waals surface area contributed by atoms with Crippen molar-refractivity contribution in [1.82, 2.24) is 10.2 Å². The van der Waals surface area contributed by atoms with Crippen LogP contribution in [-0.4, -0.2) is 29.3 Å². The lowest BCUT2D eigenvalue weighted by Gasteiger charge is -2.17. The lowest BCUT2D eigenvalue weighted by Crippen LogP contribution is -2.32. The van der Waals surface area contributed by atoms with Gasteiger partial charge in [0.1, 0.15) is 16.5 Å². The molecule has 0 bridgehead atoms. The fourth-order valence-electron chi connectivity index (χ4n) is 2.35. The first-order valence-electron chi connectivity index (χ1n) is 8.40. The zero-order valence-corrected chi connectivity index (χ0v) is 17.4. The molecule has 0 spiro atoms. The van der Waals surface area contributed by atoms with Crippen molar-refractivity contribution in [2.45, 2.75) is 19.4 Å². The van der Waals surface area contributed by atoms with Crippen molar-refractivity contribution in [3.63, 3.8) is 0 Å². The number of benzene rings is 2. The third-order valence-corrected chi connectivity index (χ3v) is 5.25. The first kappa shape index (κ1) is 20.4. The second-order valence-electron chi connectivity index (χ2n) is 5.72. The van der Waals surface area contributed by atoms with Gasteiger partial charge in [-0.15, -0.1) is 10.2 Å². The molecule has 3 rings (SSSR count). The van der Waals surface area contributed by atoms with E-state index in [0.29, 0.717) is 32.4 Å². The lowest BCUT2D eigenvalue weighted by molar-refractivity contribution is -0.122. The van der Waals surface area contributed by atoms with Crippen LogP contribution in [-0.2, 0) is 4.79 Å². The van der Waals surface area contributed by atoms with Crippen LogP contribution in [0.3, 0.4) is 0 Å². The van der Waals surface area contributed by atoms with Gasteiger partial charge in [-0.2, -0.15) is 0 Å². The summed E-state index contributed by atoms with van der Waals surface area (Å²) in [4.78, 5) is 12.6. The summed E-state index contributed by atoms with van der Waals surface area (Å²) in [7, 11) is 1.61. The van der Waals surface area contributed by atoms with Gasteiger partial charge in [-0.1, -0.05) is 41.5 Å². The van der Waals surface area contributed by atoms with E-state index >= 15 is 0 Å². The van der Waals surface area contributed by atoms with E-state index in [-0.39, 0.29) is 5.91 Å². The normalized spacial score (nSPS) is 11.7. The molecule has 1 atom stereocenters. The molecule has 1 amide bonds. The van der Waals surface area contributed by atoms with Gasteiger partial charge in [-0.25, -0.2) is 0 Å². The van der Waals surface area contributed by atoms with E-state index in [4.69, 9.17) is 32.7 Å². The van der Waals surface area contributed by atoms with E-state index in [1.807, 2.05) is 31.2 Å². The van der Waals surface area contributed by atoms with Gasteiger partial charge in [0, 0.05) is 16.7 Å². The number of ether oxygens (including phenoxy) is 2. The molecule has 2 aromatic carbocycles. The predicted octanol–water partition coefficient (Wildman–Crippen LogP) is 5.32. The highest BCUT2D eigenvalue weighted by Crippen LogP contribution is 2.30. The lowest BCUT2D eigenvalue weighted by atomic mass is 10.2. The molecule has 6 nitrogen and oxygen atoms in total. The van der Waals surface area contributed by atoms with Crippen LogP contribution in [0, 0.1) is 0 Å². The van der Waals surface area contributed by atoms with Crippen molar-refractivity contribution < 1.29 is 14.3 Å². The number of hydrogen-bond donors (Lipinski definition) is 1. The molecule has 146 valence electrons. The molecule has 28 heavy (non-hydrogen) atoms. The van der Waals surface area contributed by atoms with Crippen LogP contribution in [0.5, 0.6) is 11.5 Å². The van der Waals surface area contributed by atoms with Crippen molar-refractivity contribution in [1.29, 1.82) is 0 Å². The monoisotopic (exact) mass is 437 g/mol. The number of carbonyl (C=O) groups excluding carboxylic acids is 1. The Labute approximate surface area is 176 Å². The van der Waals surface area contributed by atoms with Crippen LogP contribution in [0.2, 0.25) is 10.0 Å². The second-order valence-corrected chi connectivity index (χ2v) is 7.54. The van der Waals surface area contributed by atoms with E-state index in [0.717, 1.165) is 11.3 Å². The fourth-order valence-corrected chi connectivity index (χ4v) is 3.43. The standard InChI is InChI=1S/C19H17Cl2N3O3S/c1-3-15(27-16-10-12(20)6-9-14(16)21)17(25)22-19-24-23-18(28-19)11-4-7-13(26-2)8-5-11/h4-10,15H,3H2,1-2H3,(H,22,24,25)/t15-/m0/s1. The smallest absolute Gasteiger partial charge is 0.267 e. The minimum Gasteiger partial charge on any atom is -0.497 e. The third-order valence-electron chi connectivity index (χ3n) is 3.82. The van der Waals surface area contributed by atoms with Gasteiger partial charge >= 0.3 is 0 Å². The summed E-state index contributed by atoms with van der Waals surface area (Å²) in [5, 5.41) is 12.8. The fraction of sp³-hybridized carbons (Fsp3) is 0.211. The summed E-state index contributed by atoms with van der Waals surface area (Å²) in [5.41, 5.74) is 0.882. The van der Waals surface area contributed by atoms with Crippen molar-refractivity contribution in [2.24, 2.45) is 0 Å². The van der Waals surface area contributed by atoms with Gasteiger partial charge in [0.2, 0.25) is 5.13 Å². The average molecular weight is 438 g/mol. The van der Waals surface area contributed by atoms with E-state index in [1.54, 1.807) is 25.3 Å². The Kier molecular flexibility index (Phi) is 6.72. The number of aromatic nitrogens is 2. The number of rotatable bonds is 7. The average Bonchev–Trinajstić information content (AvgIpc) is 3.17. The Morgan fingerprint density at radius 1 is 1.18 bits per heavy atom. The first-order valence-corrected chi connectivity index (χ1v) is 9.98. The Balaban J connectivity index is 1.69. The van der Waals surface area contributed by atoms with Crippen LogP contribution in [0.4, 0.5) is 5.13 Å². The molecule has 1 aromatic heterocycles. The van der Waals surface area contributed by atoms with E-state index in [1.165, 1.54) is 11.3 Å². The number of amides is 1. The summed E-state index contributed by atoms with van der Waals surface area (Å²) < 4.78 is 10.9. The van der Waals surface area contributed by atoms with Crippen LogP contribution in [0.1, 0.15) is 13.3 Å². The maximum Gasteiger partial charge on any atom is 0.267 e. The number of anilines is 1. The SMILES string of the molecule is CC[C@H](Oc1cc(Cl)ccc1Cl)C(=O)Nc1nnc(-c2ccc(OC)cc2)s1. The molecule has 1 heterocycles. The largest absolute Gasteiger partial charge is 0.497 e. The molecule has 0 saturated heterocycles. The molecule has 0 saturated carbocycles. The number of hydrogen-bond acceptors (Lipinski definition) is 6. The molecule has 0 aliphatic carbocycles. The highest BCUT2D eigenvalue weighted by atomic mass is 35.5. The van der Waals surface area contributed by atoms with Crippen LogP contribution >= 0.6 is 34.5 Å². The second kappa shape index (κ2) is 9.23. The first-order chi connectivity index (χ1) is 13.5. The van der Waals surface area contributed by atoms with Crippen molar-refractivity contribution in [3.8, 4) is 22.1 Å². The molecule has 0 unspecified atom stereocenters. The van der Waals surface area contributed by atoms with Crippen molar-refractivity contribution in [3.05, 3.63) is 52.5 Å². The van der Waals surface area contributed by atoms with Crippen LogP contribution in [0.25, 0.3) is 10.6 Å². The summed E-state index contributed by atoms with van der Waals surface area (Å²) in [6, 6.07) is 12.3.